The van der Waals surface area contributed by atoms with Gasteiger partial charge in [0.25, 0.3) is 0 Å². The van der Waals surface area contributed by atoms with Crippen LogP contribution in [-0.4, -0.2) is 33.7 Å². The molecule has 4 heteroatoms. The number of aliphatic hydroxyl groups is 1. The number of hydrogen-bond acceptors (Lipinski definition) is 3. The van der Waals surface area contributed by atoms with Gasteiger partial charge in [0.05, 0.1) is 6.10 Å². The first kappa shape index (κ1) is 12.3. The number of aliphatic hydroxyl groups excluding tert-OH is 1. The molecule has 0 spiro atoms. The number of halogens is 1. The molecule has 1 heterocycles. The maximum Gasteiger partial charge on any atom is 0.123 e. The molecule has 2 rings (SSSR count). The summed E-state index contributed by atoms with van der Waals surface area (Å²) in [4.78, 5) is 0. The molecule has 0 bridgehead atoms. The van der Waals surface area contributed by atoms with Crippen LogP contribution in [0.4, 0.5) is 4.39 Å². The Balaban J connectivity index is 1.90. The third-order valence-electron chi connectivity index (χ3n) is 2.63. The first-order valence-corrected chi connectivity index (χ1v) is 7.58. The van der Waals surface area contributed by atoms with Crippen molar-refractivity contribution in [3.63, 3.8) is 0 Å². The van der Waals surface area contributed by atoms with E-state index in [1.165, 1.54) is 17.9 Å². The van der Waals surface area contributed by atoms with Crippen molar-refractivity contribution in [2.75, 3.05) is 17.3 Å². The molecule has 16 heavy (non-hydrogen) atoms. The zero-order valence-corrected chi connectivity index (χ0v) is 10.6. The van der Waals surface area contributed by atoms with E-state index in [0.717, 1.165) is 17.1 Å². The highest BCUT2D eigenvalue weighted by Crippen LogP contribution is 2.27. The zero-order chi connectivity index (χ0) is 11.4. The Kier molecular flexibility index (Phi) is 4.55. The van der Waals surface area contributed by atoms with Gasteiger partial charge in [0.2, 0.25) is 0 Å². The second-order valence-electron chi connectivity index (χ2n) is 3.88. The molecule has 0 saturated carbocycles. The van der Waals surface area contributed by atoms with Gasteiger partial charge in [0.15, 0.2) is 0 Å². The summed E-state index contributed by atoms with van der Waals surface area (Å²) < 4.78 is 12.7. The van der Waals surface area contributed by atoms with Crippen molar-refractivity contribution in [2.24, 2.45) is 0 Å². The van der Waals surface area contributed by atoms with Crippen molar-refractivity contribution >= 4 is 23.5 Å². The van der Waals surface area contributed by atoms with E-state index in [0.29, 0.717) is 11.7 Å². The highest BCUT2D eigenvalue weighted by molar-refractivity contribution is 8.06. The maximum absolute atomic E-state index is 12.7. The number of rotatable bonds is 3. The van der Waals surface area contributed by atoms with Gasteiger partial charge in [-0.25, -0.2) is 4.39 Å². The quantitative estimate of drug-likeness (QED) is 0.900. The van der Waals surface area contributed by atoms with Crippen LogP contribution in [0.1, 0.15) is 5.56 Å². The van der Waals surface area contributed by atoms with Crippen LogP contribution in [0.25, 0.3) is 0 Å². The van der Waals surface area contributed by atoms with E-state index in [9.17, 15) is 9.50 Å². The second-order valence-corrected chi connectivity index (χ2v) is 6.38. The molecular weight excluding hydrogens is 243 g/mol. The van der Waals surface area contributed by atoms with E-state index in [4.69, 9.17) is 0 Å². The van der Waals surface area contributed by atoms with E-state index in [1.54, 1.807) is 12.1 Å². The van der Waals surface area contributed by atoms with Crippen molar-refractivity contribution in [1.29, 1.82) is 0 Å². The second kappa shape index (κ2) is 5.94. The summed E-state index contributed by atoms with van der Waals surface area (Å²) >= 11 is 3.75. The molecule has 0 aliphatic carbocycles. The molecule has 2 unspecified atom stereocenters. The lowest BCUT2D eigenvalue weighted by Crippen LogP contribution is -2.30. The Labute approximate surface area is 104 Å². The monoisotopic (exact) mass is 258 g/mol. The van der Waals surface area contributed by atoms with Crippen molar-refractivity contribution in [3.05, 3.63) is 35.6 Å². The van der Waals surface area contributed by atoms with E-state index < -0.39 is 0 Å². The molecule has 1 nitrogen and oxygen atoms in total. The molecule has 0 radical (unpaired) electrons. The van der Waals surface area contributed by atoms with Gasteiger partial charge in [-0.2, -0.15) is 23.5 Å². The molecule has 1 aliphatic heterocycles. The minimum atomic E-state index is -0.316. The molecular formula is C12H15FOS2. The Morgan fingerprint density at radius 1 is 1.31 bits per heavy atom. The summed E-state index contributed by atoms with van der Waals surface area (Å²) in [6.45, 7) is 0. The van der Waals surface area contributed by atoms with E-state index in [1.807, 2.05) is 23.5 Å². The normalized spacial score (nSPS) is 23.0. The molecule has 1 aromatic carbocycles. The third kappa shape index (κ3) is 3.40. The zero-order valence-electron chi connectivity index (χ0n) is 8.93. The average Bonchev–Trinajstić information content (AvgIpc) is 2.33. The van der Waals surface area contributed by atoms with Crippen LogP contribution in [0, 0.1) is 5.82 Å². The molecule has 88 valence electrons. The van der Waals surface area contributed by atoms with Crippen LogP contribution in [0.3, 0.4) is 0 Å². The van der Waals surface area contributed by atoms with E-state index >= 15 is 0 Å². The van der Waals surface area contributed by atoms with Gasteiger partial charge in [-0.05, 0) is 24.1 Å². The lowest BCUT2D eigenvalue weighted by Gasteiger charge is -2.25. The minimum absolute atomic E-state index is 0.221. The molecule has 1 aromatic rings. The van der Waals surface area contributed by atoms with Gasteiger partial charge >= 0.3 is 0 Å². The maximum atomic E-state index is 12.7. The molecule has 0 amide bonds. The topological polar surface area (TPSA) is 20.2 Å². The van der Waals surface area contributed by atoms with Gasteiger partial charge in [-0.1, -0.05) is 12.1 Å². The molecule has 1 fully saturated rings. The SMILES string of the molecule is OC(Cc1ccc(F)cc1)C1CSCCS1. The van der Waals surface area contributed by atoms with Crippen LogP contribution < -0.4 is 0 Å². The summed E-state index contributed by atoms with van der Waals surface area (Å²) in [6.07, 6.45) is 0.307. The lowest BCUT2D eigenvalue weighted by atomic mass is 10.1. The Morgan fingerprint density at radius 3 is 2.69 bits per heavy atom. The molecule has 1 N–H and O–H groups in total. The van der Waals surface area contributed by atoms with Gasteiger partial charge < -0.3 is 5.11 Å². The summed E-state index contributed by atoms with van der Waals surface area (Å²) in [5.74, 6) is 3.11. The summed E-state index contributed by atoms with van der Waals surface area (Å²) in [7, 11) is 0. The molecule has 0 aromatic heterocycles. The first-order chi connectivity index (χ1) is 7.75. The predicted octanol–water partition coefficient (Wildman–Crippen LogP) is 2.58. The Morgan fingerprint density at radius 2 is 2.06 bits per heavy atom. The summed E-state index contributed by atoms with van der Waals surface area (Å²) in [5, 5.41) is 10.4. The standard InChI is InChI=1S/C12H15FOS2/c13-10-3-1-9(2-4-10)7-11(14)12-8-15-5-6-16-12/h1-4,11-12,14H,5-8H2. The van der Waals surface area contributed by atoms with Crippen LogP contribution in [-0.2, 0) is 6.42 Å². The Bertz CT molecular complexity index is 322. The van der Waals surface area contributed by atoms with Gasteiger partial charge in [-0.15, -0.1) is 0 Å². The van der Waals surface area contributed by atoms with Crippen LogP contribution in [0.2, 0.25) is 0 Å². The number of hydrogen-bond donors (Lipinski definition) is 1. The van der Waals surface area contributed by atoms with Crippen LogP contribution in [0.5, 0.6) is 0 Å². The highest BCUT2D eigenvalue weighted by Gasteiger charge is 2.22. The average molecular weight is 258 g/mol. The van der Waals surface area contributed by atoms with Crippen molar-refractivity contribution < 1.29 is 9.50 Å². The highest BCUT2D eigenvalue weighted by atomic mass is 32.2. The minimum Gasteiger partial charge on any atom is -0.392 e. The summed E-state index contributed by atoms with van der Waals surface area (Å²) in [5.41, 5.74) is 1.00. The van der Waals surface area contributed by atoms with Crippen molar-refractivity contribution in [1.82, 2.24) is 0 Å². The van der Waals surface area contributed by atoms with E-state index in [-0.39, 0.29) is 11.9 Å². The van der Waals surface area contributed by atoms with Gasteiger partial charge in [0.1, 0.15) is 5.82 Å². The molecule has 1 saturated heterocycles. The molecule has 1 aliphatic rings. The third-order valence-corrected chi connectivity index (χ3v) is 5.53. The number of benzene rings is 1. The van der Waals surface area contributed by atoms with Crippen LogP contribution in [0.15, 0.2) is 24.3 Å². The first-order valence-electron chi connectivity index (χ1n) is 5.37. The smallest absolute Gasteiger partial charge is 0.123 e. The largest absolute Gasteiger partial charge is 0.392 e. The predicted molar refractivity (Wildman–Crippen MR) is 69.7 cm³/mol. The van der Waals surface area contributed by atoms with Gasteiger partial charge in [0, 0.05) is 22.5 Å². The van der Waals surface area contributed by atoms with E-state index in [2.05, 4.69) is 0 Å². The van der Waals surface area contributed by atoms with Gasteiger partial charge in [-0.3, -0.25) is 0 Å². The molecule has 2 atom stereocenters. The van der Waals surface area contributed by atoms with Crippen molar-refractivity contribution in [3.8, 4) is 0 Å². The fourth-order valence-electron chi connectivity index (χ4n) is 1.72. The van der Waals surface area contributed by atoms with Crippen LogP contribution >= 0.6 is 23.5 Å². The summed E-state index contributed by atoms with van der Waals surface area (Å²) in [6, 6.07) is 6.40. The van der Waals surface area contributed by atoms with Crippen molar-refractivity contribution in [2.45, 2.75) is 17.8 Å². The fraction of sp³-hybridized carbons (Fsp3) is 0.500. The number of thioether (sulfide) groups is 2. The fourth-order valence-corrected chi connectivity index (χ4v) is 4.49. The lowest BCUT2D eigenvalue weighted by molar-refractivity contribution is 0.177. The Hall–Kier alpha value is -0.190.